The Balaban J connectivity index is 1.37. The van der Waals surface area contributed by atoms with Crippen LogP contribution in [0.4, 0.5) is 23.1 Å². The number of H-pyrrole nitrogens is 1. The number of likely N-dealkylation sites (tertiary alicyclic amines) is 1. The first kappa shape index (κ1) is 27.8. The highest BCUT2D eigenvalue weighted by Gasteiger charge is 2.36. The van der Waals surface area contributed by atoms with Crippen LogP contribution in [0.5, 0.6) is 0 Å². The Kier molecular flexibility index (Phi) is 8.17. The van der Waals surface area contributed by atoms with Crippen LogP contribution < -0.4 is 5.32 Å². The zero-order valence-electron chi connectivity index (χ0n) is 22.2. The van der Waals surface area contributed by atoms with Gasteiger partial charge in [-0.3, -0.25) is 10.2 Å². The molecule has 0 radical (unpaired) electrons. The van der Waals surface area contributed by atoms with E-state index in [1.165, 1.54) is 36.7 Å². The number of aryl methyl sites for hydroxylation is 2. The van der Waals surface area contributed by atoms with Crippen LogP contribution >= 0.6 is 11.3 Å². The van der Waals surface area contributed by atoms with Gasteiger partial charge >= 0.3 is 12.2 Å². The largest absolute Gasteiger partial charge is 0.416 e. The maximum Gasteiger partial charge on any atom is 0.416 e. The Morgan fingerprint density at radius 3 is 2.52 bits per heavy atom. The number of nitrogens with one attached hydrogen (secondary N) is 2. The molecule has 5 rings (SSSR count). The van der Waals surface area contributed by atoms with Gasteiger partial charge in [0.1, 0.15) is 5.01 Å². The number of aromatic amines is 1. The molecule has 0 saturated carbocycles. The van der Waals surface area contributed by atoms with Gasteiger partial charge < -0.3 is 9.88 Å². The third-order valence-corrected chi connectivity index (χ3v) is 7.95. The summed E-state index contributed by atoms with van der Waals surface area (Å²) in [7, 11) is 0. The van der Waals surface area contributed by atoms with E-state index in [4.69, 9.17) is 0 Å². The van der Waals surface area contributed by atoms with Gasteiger partial charge in [0, 0.05) is 31.9 Å². The monoisotopic (exact) mass is 569 g/mol. The minimum atomic E-state index is -4.44. The minimum absolute atomic E-state index is 0.0726. The molecule has 210 valence electrons. The second-order valence-corrected chi connectivity index (χ2v) is 11.1. The predicted molar refractivity (Wildman–Crippen MR) is 147 cm³/mol. The maximum atomic E-state index is 13.7. The SMILES string of the molecule is Cc1nnc(NC(=O)N(Cc2ccccc2)C2CCN(C(c3ccc(C)c(C(F)(F)F)c3)c3cnc[nH]3)CC2)s1. The van der Waals surface area contributed by atoms with E-state index in [-0.39, 0.29) is 17.6 Å². The Hall–Kier alpha value is -3.77. The number of halogens is 3. The van der Waals surface area contributed by atoms with E-state index in [1.807, 2.05) is 42.2 Å². The van der Waals surface area contributed by atoms with E-state index < -0.39 is 17.8 Å². The summed E-state index contributed by atoms with van der Waals surface area (Å²) in [5.41, 5.74) is 1.82. The van der Waals surface area contributed by atoms with E-state index >= 15 is 0 Å². The molecule has 1 fully saturated rings. The molecule has 2 N–H and O–H groups in total. The lowest BCUT2D eigenvalue weighted by Crippen LogP contribution is -2.49. The molecule has 1 aliphatic rings. The second-order valence-electron chi connectivity index (χ2n) is 9.92. The molecule has 0 bridgehead atoms. The highest BCUT2D eigenvalue weighted by molar-refractivity contribution is 7.15. The van der Waals surface area contributed by atoms with Gasteiger partial charge in [0.25, 0.3) is 0 Å². The van der Waals surface area contributed by atoms with Gasteiger partial charge in [-0.25, -0.2) is 9.78 Å². The number of imidazole rings is 1. The number of nitrogens with zero attached hydrogens (tertiary/aromatic N) is 5. The number of piperidine rings is 1. The number of aromatic nitrogens is 4. The molecule has 3 heterocycles. The number of carbonyl (C=O) groups is 1. The first-order valence-electron chi connectivity index (χ1n) is 13.0. The Morgan fingerprint density at radius 2 is 1.90 bits per heavy atom. The number of alkyl halides is 3. The number of carbonyl (C=O) groups excluding carboxylic acids is 1. The summed E-state index contributed by atoms with van der Waals surface area (Å²) < 4.78 is 41.2. The number of hydrogen-bond acceptors (Lipinski definition) is 6. The zero-order valence-corrected chi connectivity index (χ0v) is 23.0. The number of amides is 2. The van der Waals surface area contributed by atoms with Crippen LogP contribution in [-0.4, -0.2) is 55.1 Å². The fourth-order valence-corrected chi connectivity index (χ4v) is 5.81. The van der Waals surface area contributed by atoms with Gasteiger partial charge in [0.15, 0.2) is 0 Å². The molecule has 40 heavy (non-hydrogen) atoms. The Bertz CT molecular complexity index is 1420. The molecule has 12 heteroatoms. The van der Waals surface area contributed by atoms with E-state index in [2.05, 4.69) is 30.4 Å². The van der Waals surface area contributed by atoms with Crippen LogP contribution in [0.25, 0.3) is 0 Å². The van der Waals surface area contributed by atoms with Crippen molar-refractivity contribution in [1.82, 2.24) is 30.0 Å². The molecule has 1 atom stereocenters. The molecule has 0 spiro atoms. The van der Waals surface area contributed by atoms with Gasteiger partial charge in [-0.05, 0) is 49.4 Å². The molecule has 2 aromatic heterocycles. The standard InChI is InChI=1S/C28H30F3N7OS/c1-18-8-9-21(14-23(18)28(29,30)31)25(24-15-32-17-33-24)37-12-10-22(11-13-37)38(16-20-6-4-3-5-7-20)27(39)34-26-36-35-19(2)40-26/h3-9,14-15,17,22,25H,10-13,16H2,1-2H3,(H,32,33)(H,34,36,39). The molecule has 2 aromatic carbocycles. The van der Waals surface area contributed by atoms with Crippen molar-refractivity contribution in [2.45, 2.75) is 51.5 Å². The quantitative estimate of drug-likeness (QED) is 0.277. The Labute approximate surface area is 234 Å². The first-order chi connectivity index (χ1) is 19.2. The summed E-state index contributed by atoms with van der Waals surface area (Å²) in [4.78, 5) is 24.6. The summed E-state index contributed by atoms with van der Waals surface area (Å²) in [6, 6.07) is 13.5. The van der Waals surface area contributed by atoms with Crippen LogP contribution in [0.1, 0.15) is 51.8 Å². The smallest absolute Gasteiger partial charge is 0.347 e. The third kappa shape index (κ3) is 6.34. The van der Waals surface area contributed by atoms with Gasteiger partial charge in [-0.2, -0.15) is 13.2 Å². The lowest BCUT2D eigenvalue weighted by molar-refractivity contribution is -0.138. The average Bonchev–Trinajstić information content (AvgIpc) is 3.61. The van der Waals surface area contributed by atoms with Crippen LogP contribution in [0.2, 0.25) is 0 Å². The molecule has 1 aliphatic heterocycles. The van der Waals surface area contributed by atoms with Crippen molar-refractivity contribution in [1.29, 1.82) is 0 Å². The van der Waals surface area contributed by atoms with Crippen molar-refractivity contribution in [2.75, 3.05) is 18.4 Å². The van der Waals surface area contributed by atoms with E-state index in [1.54, 1.807) is 12.3 Å². The molecule has 1 saturated heterocycles. The highest BCUT2D eigenvalue weighted by Crippen LogP contribution is 2.37. The molecule has 1 unspecified atom stereocenters. The van der Waals surface area contributed by atoms with E-state index in [9.17, 15) is 18.0 Å². The number of urea groups is 1. The average molecular weight is 570 g/mol. The Morgan fingerprint density at radius 1 is 1.15 bits per heavy atom. The molecular weight excluding hydrogens is 539 g/mol. The van der Waals surface area contributed by atoms with Crippen molar-refractivity contribution in [2.24, 2.45) is 0 Å². The van der Waals surface area contributed by atoms with Gasteiger partial charge in [0.2, 0.25) is 5.13 Å². The fourth-order valence-electron chi connectivity index (χ4n) is 5.23. The van der Waals surface area contributed by atoms with Gasteiger partial charge in [-0.1, -0.05) is 53.8 Å². The summed E-state index contributed by atoms with van der Waals surface area (Å²) in [5, 5.41) is 12.1. The van der Waals surface area contributed by atoms with Crippen molar-refractivity contribution >= 4 is 22.5 Å². The van der Waals surface area contributed by atoms with Crippen molar-refractivity contribution < 1.29 is 18.0 Å². The molecule has 2 amide bonds. The van der Waals surface area contributed by atoms with E-state index in [0.717, 1.165) is 16.3 Å². The zero-order chi connectivity index (χ0) is 28.3. The lowest BCUT2D eigenvalue weighted by Gasteiger charge is -2.41. The molecule has 0 aliphatic carbocycles. The number of hydrogen-bond donors (Lipinski definition) is 2. The predicted octanol–water partition coefficient (Wildman–Crippen LogP) is 6.18. The number of anilines is 1. The lowest BCUT2D eigenvalue weighted by atomic mass is 9.94. The van der Waals surface area contributed by atoms with Crippen LogP contribution in [0.15, 0.2) is 61.1 Å². The maximum absolute atomic E-state index is 13.7. The highest BCUT2D eigenvalue weighted by atomic mass is 32.1. The number of benzene rings is 2. The van der Waals surface area contributed by atoms with Gasteiger partial charge in [-0.15, -0.1) is 10.2 Å². The van der Waals surface area contributed by atoms with E-state index in [0.29, 0.717) is 43.2 Å². The summed E-state index contributed by atoms with van der Waals surface area (Å²) in [6.07, 6.45) is 0.0522. The summed E-state index contributed by atoms with van der Waals surface area (Å²) >= 11 is 1.31. The van der Waals surface area contributed by atoms with Crippen molar-refractivity contribution in [3.05, 3.63) is 94.0 Å². The second kappa shape index (κ2) is 11.8. The topological polar surface area (TPSA) is 90.0 Å². The van der Waals surface area contributed by atoms with Crippen molar-refractivity contribution in [3.63, 3.8) is 0 Å². The molecule has 8 nitrogen and oxygen atoms in total. The van der Waals surface area contributed by atoms with Crippen molar-refractivity contribution in [3.8, 4) is 0 Å². The van der Waals surface area contributed by atoms with Crippen LogP contribution in [-0.2, 0) is 12.7 Å². The minimum Gasteiger partial charge on any atom is -0.347 e. The fraction of sp³-hybridized carbons (Fsp3) is 0.357. The first-order valence-corrected chi connectivity index (χ1v) is 13.8. The summed E-state index contributed by atoms with van der Waals surface area (Å²) in [5.74, 6) is 0. The molecule has 4 aromatic rings. The number of rotatable bonds is 7. The normalized spacial score (nSPS) is 15.6. The summed E-state index contributed by atoms with van der Waals surface area (Å²) in [6.45, 7) is 4.89. The van der Waals surface area contributed by atoms with Crippen LogP contribution in [0, 0.1) is 13.8 Å². The van der Waals surface area contributed by atoms with Crippen LogP contribution in [0.3, 0.4) is 0 Å². The van der Waals surface area contributed by atoms with Gasteiger partial charge in [0.05, 0.1) is 23.6 Å². The molecular formula is C28H30F3N7OS. The third-order valence-electron chi connectivity index (χ3n) is 7.20.